The van der Waals surface area contributed by atoms with Crippen LogP contribution in [-0.2, 0) is 0 Å². The van der Waals surface area contributed by atoms with E-state index in [1.165, 1.54) is 6.07 Å². The molecule has 1 atom stereocenters. The molecule has 16 heavy (non-hydrogen) atoms. The van der Waals surface area contributed by atoms with E-state index in [1.807, 2.05) is 0 Å². The Morgan fingerprint density at radius 3 is 2.62 bits per heavy atom. The van der Waals surface area contributed by atoms with E-state index in [1.54, 1.807) is 6.92 Å². The van der Waals surface area contributed by atoms with Crippen LogP contribution in [0, 0.1) is 17.6 Å². The number of hydrogen-bond acceptors (Lipinski definition) is 2. The van der Waals surface area contributed by atoms with Crippen molar-refractivity contribution in [1.82, 2.24) is 0 Å². The molecule has 5 heteroatoms. The molecule has 1 rings (SSSR count). The number of nitrogens with two attached hydrogens (primary N) is 1. The molecular weight excluding hydrogens is 280 g/mol. The summed E-state index contributed by atoms with van der Waals surface area (Å²) in [6, 6.07) is 2.29. The number of carbonyl (C=O) groups is 1. The van der Waals surface area contributed by atoms with Crippen molar-refractivity contribution in [3.8, 4) is 0 Å². The number of halogens is 3. The molecule has 0 aliphatic heterocycles. The summed E-state index contributed by atoms with van der Waals surface area (Å²) < 4.78 is 27.1. The van der Waals surface area contributed by atoms with Crippen molar-refractivity contribution in [2.75, 3.05) is 6.54 Å². The molecule has 0 saturated heterocycles. The van der Waals surface area contributed by atoms with Gasteiger partial charge in [0.1, 0.15) is 5.82 Å². The van der Waals surface area contributed by atoms with Crippen molar-refractivity contribution in [3.63, 3.8) is 0 Å². The van der Waals surface area contributed by atoms with Crippen molar-refractivity contribution in [2.24, 2.45) is 11.7 Å². The molecule has 1 aromatic rings. The highest BCUT2D eigenvalue weighted by Crippen LogP contribution is 2.24. The van der Waals surface area contributed by atoms with Gasteiger partial charge in [-0.25, -0.2) is 8.78 Å². The molecule has 0 heterocycles. The molecule has 0 radical (unpaired) electrons. The van der Waals surface area contributed by atoms with Crippen LogP contribution < -0.4 is 5.73 Å². The predicted molar refractivity (Wildman–Crippen MR) is 61.2 cm³/mol. The molecule has 0 aliphatic rings. The summed E-state index contributed by atoms with van der Waals surface area (Å²) in [6.45, 7) is 1.84. The molecule has 0 amide bonds. The lowest BCUT2D eigenvalue weighted by molar-refractivity contribution is 0.0912. The lowest BCUT2D eigenvalue weighted by Gasteiger charge is -2.12. The number of ketones is 1. The Kier molecular flexibility index (Phi) is 4.56. The number of Topliss-reactive ketones (excluding diaryl/α,β-unsaturated/α-hetero) is 1. The molecular formula is C11H12BrF2NO. The number of carbonyl (C=O) groups excluding carboxylic acids is 1. The number of hydrogen-bond donors (Lipinski definition) is 1. The van der Waals surface area contributed by atoms with Crippen molar-refractivity contribution in [3.05, 3.63) is 33.8 Å². The fraction of sp³-hybridized carbons (Fsp3) is 0.364. The van der Waals surface area contributed by atoms with Gasteiger partial charge >= 0.3 is 0 Å². The second-order valence-corrected chi connectivity index (χ2v) is 4.28. The van der Waals surface area contributed by atoms with E-state index in [0.29, 0.717) is 6.42 Å². The van der Waals surface area contributed by atoms with E-state index in [2.05, 4.69) is 15.9 Å². The van der Waals surface area contributed by atoms with Crippen molar-refractivity contribution in [2.45, 2.75) is 13.3 Å². The lowest BCUT2D eigenvalue weighted by atomic mass is 9.95. The van der Waals surface area contributed by atoms with E-state index in [0.717, 1.165) is 6.07 Å². The molecule has 0 fully saturated rings. The van der Waals surface area contributed by atoms with E-state index in [9.17, 15) is 13.6 Å². The quantitative estimate of drug-likeness (QED) is 0.685. The van der Waals surface area contributed by atoms with Crippen LogP contribution in [0.4, 0.5) is 8.78 Å². The second kappa shape index (κ2) is 5.50. The zero-order chi connectivity index (χ0) is 12.3. The lowest BCUT2D eigenvalue weighted by Crippen LogP contribution is -2.25. The second-order valence-electron chi connectivity index (χ2n) is 3.42. The normalized spacial score (nSPS) is 12.6. The first-order valence-corrected chi connectivity index (χ1v) is 5.70. The number of benzene rings is 1. The summed E-state index contributed by atoms with van der Waals surface area (Å²) in [5, 5.41) is 0. The maximum atomic E-state index is 13.6. The Morgan fingerprint density at radius 1 is 1.50 bits per heavy atom. The largest absolute Gasteiger partial charge is 0.330 e. The van der Waals surface area contributed by atoms with Crippen molar-refractivity contribution in [1.29, 1.82) is 0 Å². The highest BCUT2D eigenvalue weighted by Gasteiger charge is 2.24. The maximum Gasteiger partial charge on any atom is 0.173 e. The van der Waals surface area contributed by atoms with Crippen LogP contribution in [0.25, 0.3) is 0 Å². The Morgan fingerprint density at radius 2 is 2.12 bits per heavy atom. The third-order valence-electron chi connectivity index (χ3n) is 2.44. The first kappa shape index (κ1) is 13.3. The van der Waals surface area contributed by atoms with Gasteiger partial charge in [0, 0.05) is 12.5 Å². The SMILES string of the molecule is CCC(CN)C(=O)c1c(F)ccc(Br)c1F. The molecule has 1 unspecified atom stereocenters. The molecule has 0 aliphatic carbocycles. The summed E-state index contributed by atoms with van der Waals surface area (Å²) in [6.07, 6.45) is 0.459. The molecule has 2 nitrogen and oxygen atoms in total. The highest BCUT2D eigenvalue weighted by atomic mass is 79.9. The monoisotopic (exact) mass is 291 g/mol. The van der Waals surface area contributed by atoms with Crippen LogP contribution in [0.1, 0.15) is 23.7 Å². The first-order valence-electron chi connectivity index (χ1n) is 4.90. The standard InChI is InChI=1S/C11H12BrF2NO/c1-2-6(5-15)11(16)9-8(13)4-3-7(12)10(9)14/h3-4,6H,2,5,15H2,1H3. The van der Waals surface area contributed by atoms with Crippen LogP contribution in [0.5, 0.6) is 0 Å². The van der Waals surface area contributed by atoms with E-state index < -0.39 is 28.9 Å². The summed E-state index contributed by atoms with van der Waals surface area (Å²) in [5.41, 5.74) is 4.87. The van der Waals surface area contributed by atoms with Crippen molar-refractivity contribution >= 4 is 21.7 Å². The molecule has 0 saturated carbocycles. The Labute approximate surface area is 101 Å². The molecule has 0 aromatic heterocycles. The average Bonchev–Trinajstić information content (AvgIpc) is 2.26. The Bertz CT molecular complexity index is 405. The zero-order valence-corrected chi connectivity index (χ0v) is 10.4. The van der Waals surface area contributed by atoms with Gasteiger partial charge in [-0.3, -0.25) is 4.79 Å². The highest BCUT2D eigenvalue weighted by molar-refractivity contribution is 9.10. The summed E-state index contributed by atoms with van der Waals surface area (Å²) in [5.74, 6) is -2.84. The molecule has 88 valence electrons. The van der Waals surface area contributed by atoms with Gasteiger partial charge in [-0.05, 0) is 34.5 Å². The van der Waals surface area contributed by atoms with E-state index >= 15 is 0 Å². The number of rotatable bonds is 4. The Hall–Kier alpha value is -0.810. The van der Waals surface area contributed by atoms with Gasteiger partial charge in [0.15, 0.2) is 11.6 Å². The van der Waals surface area contributed by atoms with Gasteiger partial charge in [0.05, 0.1) is 10.0 Å². The van der Waals surface area contributed by atoms with Crippen LogP contribution in [-0.4, -0.2) is 12.3 Å². The molecule has 0 spiro atoms. The van der Waals surface area contributed by atoms with Crippen LogP contribution in [0.3, 0.4) is 0 Å². The average molecular weight is 292 g/mol. The van der Waals surface area contributed by atoms with Gasteiger partial charge in [-0.2, -0.15) is 0 Å². The van der Waals surface area contributed by atoms with Crippen LogP contribution >= 0.6 is 15.9 Å². The molecule has 0 bridgehead atoms. The minimum absolute atomic E-state index is 0.0733. The first-order chi connectivity index (χ1) is 7.52. The van der Waals surface area contributed by atoms with Gasteiger partial charge in [-0.1, -0.05) is 6.92 Å². The minimum atomic E-state index is -0.864. The summed E-state index contributed by atoms with van der Waals surface area (Å²) in [4.78, 5) is 11.8. The van der Waals surface area contributed by atoms with Crippen LogP contribution in [0.2, 0.25) is 0 Å². The maximum absolute atomic E-state index is 13.6. The fourth-order valence-corrected chi connectivity index (χ4v) is 1.75. The third kappa shape index (κ3) is 2.47. The van der Waals surface area contributed by atoms with Gasteiger partial charge in [-0.15, -0.1) is 0 Å². The zero-order valence-electron chi connectivity index (χ0n) is 8.77. The van der Waals surface area contributed by atoms with Gasteiger partial charge in [0.25, 0.3) is 0 Å². The van der Waals surface area contributed by atoms with Crippen molar-refractivity contribution < 1.29 is 13.6 Å². The fourth-order valence-electron chi connectivity index (χ4n) is 1.42. The minimum Gasteiger partial charge on any atom is -0.330 e. The van der Waals surface area contributed by atoms with Gasteiger partial charge < -0.3 is 5.73 Å². The smallest absolute Gasteiger partial charge is 0.173 e. The van der Waals surface area contributed by atoms with Crippen LogP contribution in [0.15, 0.2) is 16.6 Å². The third-order valence-corrected chi connectivity index (χ3v) is 3.05. The summed E-state index contributed by atoms with van der Waals surface area (Å²) in [7, 11) is 0. The molecule has 1 aromatic carbocycles. The predicted octanol–water partition coefficient (Wildman–Crippen LogP) is 2.89. The topological polar surface area (TPSA) is 43.1 Å². The van der Waals surface area contributed by atoms with E-state index in [4.69, 9.17) is 5.73 Å². The Balaban J connectivity index is 3.22. The van der Waals surface area contributed by atoms with E-state index in [-0.39, 0.29) is 11.0 Å². The van der Waals surface area contributed by atoms with Gasteiger partial charge in [0.2, 0.25) is 0 Å². The summed E-state index contributed by atoms with van der Waals surface area (Å²) >= 11 is 2.92. The molecule has 2 N–H and O–H groups in total.